The lowest BCUT2D eigenvalue weighted by Crippen LogP contribution is -2.41. The molecule has 1 saturated heterocycles. The van der Waals surface area contributed by atoms with Crippen molar-refractivity contribution in [2.45, 2.75) is 39.0 Å². The van der Waals surface area contributed by atoms with Crippen LogP contribution in [0.1, 0.15) is 44.6 Å². The highest BCUT2D eigenvalue weighted by molar-refractivity contribution is 7.72. The summed E-state index contributed by atoms with van der Waals surface area (Å²) in [4.78, 5) is 28.4. The van der Waals surface area contributed by atoms with Gasteiger partial charge in [-0.1, -0.05) is 12.1 Å². The average molecular weight is 491 g/mol. The van der Waals surface area contributed by atoms with E-state index in [-0.39, 0.29) is 5.97 Å². The van der Waals surface area contributed by atoms with Gasteiger partial charge in [-0.15, -0.1) is 5.06 Å². The van der Waals surface area contributed by atoms with Gasteiger partial charge in [-0.2, -0.15) is 0 Å². The minimum absolute atomic E-state index is 0.206. The minimum atomic E-state index is -2.72. The van der Waals surface area contributed by atoms with Gasteiger partial charge < -0.3 is 20.8 Å². The zero-order valence-electron chi connectivity index (χ0n) is 20.1. The molecule has 0 amide bonds. The number of nitrogens with one attached hydrogen (secondary N) is 1. The second-order valence-electron chi connectivity index (χ2n) is 9.62. The van der Waals surface area contributed by atoms with Crippen molar-refractivity contribution in [1.29, 1.82) is 0 Å². The van der Waals surface area contributed by atoms with Crippen LogP contribution >= 0.6 is 0 Å². The molecule has 1 atom stereocenters. The van der Waals surface area contributed by atoms with Crippen LogP contribution in [0.2, 0.25) is 0 Å². The van der Waals surface area contributed by atoms with Crippen LogP contribution in [0.25, 0.3) is 0 Å². The number of benzene rings is 1. The summed E-state index contributed by atoms with van der Waals surface area (Å²) < 4.78 is 22.1. The minimum Gasteiger partial charge on any atom is -0.367 e. The van der Waals surface area contributed by atoms with Crippen molar-refractivity contribution in [3.63, 3.8) is 0 Å². The van der Waals surface area contributed by atoms with Crippen molar-refractivity contribution in [2.24, 2.45) is 17.1 Å². The van der Waals surface area contributed by atoms with Gasteiger partial charge in [-0.25, -0.2) is 23.2 Å². The SMILES string of the molecule is CN(CC1CCN(OC(=O)C(C)(C)C)CC1)c1cc(Nc2ccc(C(N)[SH](=O)=O)cc2)ncn1. The Morgan fingerprint density at radius 3 is 2.47 bits per heavy atom. The summed E-state index contributed by atoms with van der Waals surface area (Å²) in [6, 6.07) is 8.75. The van der Waals surface area contributed by atoms with Crippen LogP contribution in [0.5, 0.6) is 0 Å². The quantitative estimate of drug-likeness (QED) is 0.474. The Bertz CT molecular complexity index is 1040. The highest BCUT2D eigenvalue weighted by Crippen LogP contribution is 2.24. The van der Waals surface area contributed by atoms with E-state index in [0.29, 0.717) is 17.3 Å². The fraction of sp³-hybridized carbons (Fsp3) is 0.522. The van der Waals surface area contributed by atoms with Crippen LogP contribution in [0.3, 0.4) is 0 Å². The zero-order valence-corrected chi connectivity index (χ0v) is 21.0. The normalized spacial score (nSPS) is 16.3. The maximum absolute atomic E-state index is 12.1. The summed E-state index contributed by atoms with van der Waals surface area (Å²) in [5.74, 6) is 1.68. The molecule has 34 heavy (non-hydrogen) atoms. The molecule has 0 aliphatic carbocycles. The Labute approximate surface area is 202 Å². The molecule has 2 heterocycles. The monoisotopic (exact) mass is 490 g/mol. The van der Waals surface area contributed by atoms with Crippen LogP contribution in [0.4, 0.5) is 17.3 Å². The number of rotatable bonds is 8. The summed E-state index contributed by atoms with van der Waals surface area (Å²) >= 11 is 0. The lowest BCUT2D eigenvalue weighted by molar-refractivity contribution is -0.205. The van der Waals surface area contributed by atoms with E-state index in [4.69, 9.17) is 10.6 Å². The average Bonchev–Trinajstić information content (AvgIpc) is 2.80. The van der Waals surface area contributed by atoms with E-state index in [2.05, 4.69) is 20.2 Å². The van der Waals surface area contributed by atoms with Crippen molar-refractivity contribution in [3.05, 3.63) is 42.2 Å². The number of hydrogen-bond acceptors (Lipinski definition) is 10. The Balaban J connectivity index is 1.53. The van der Waals surface area contributed by atoms with Crippen molar-refractivity contribution in [3.8, 4) is 0 Å². The van der Waals surface area contributed by atoms with Crippen LogP contribution in [-0.4, -0.2) is 56.1 Å². The maximum atomic E-state index is 12.1. The Morgan fingerprint density at radius 2 is 1.88 bits per heavy atom. The van der Waals surface area contributed by atoms with Gasteiger partial charge in [0.05, 0.1) is 5.41 Å². The van der Waals surface area contributed by atoms with Gasteiger partial charge in [0, 0.05) is 38.4 Å². The molecule has 2 aromatic rings. The van der Waals surface area contributed by atoms with Crippen LogP contribution in [0.15, 0.2) is 36.7 Å². The van der Waals surface area contributed by atoms with Crippen molar-refractivity contribution < 1.29 is 18.0 Å². The molecule has 186 valence electrons. The summed E-state index contributed by atoms with van der Waals surface area (Å²) in [7, 11) is -0.722. The lowest BCUT2D eigenvalue weighted by Gasteiger charge is -2.34. The largest absolute Gasteiger partial charge is 0.367 e. The molecule has 0 saturated carbocycles. The molecule has 1 aliphatic heterocycles. The number of nitrogens with two attached hydrogens (primary N) is 1. The summed E-state index contributed by atoms with van der Waals surface area (Å²) in [6.45, 7) is 7.83. The molecule has 0 radical (unpaired) electrons. The molecule has 1 aromatic carbocycles. The number of thiol groups is 1. The Hall–Kier alpha value is -2.76. The molecule has 1 unspecified atom stereocenters. The van der Waals surface area contributed by atoms with Crippen LogP contribution < -0.4 is 16.0 Å². The van der Waals surface area contributed by atoms with E-state index in [1.54, 1.807) is 29.3 Å². The van der Waals surface area contributed by atoms with Gasteiger partial charge >= 0.3 is 5.97 Å². The van der Waals surface area contributed by atoms with Gasteiger partial charge in [0.2, 0.25) is 0 Å². The highest BCUT2D eigenvalue weighted by atomic mass is 32.2. The molecule has 0 spiro atoms. The number of carbonyl (C=O) groups is 1. The number of piperidine rings is 1. The first-order valence-corrected chi connectivity index (χ1v) is 12.5. The smallest absolute Gasteiger partial charge is 0.330 e. The first kappa shape index (κ1) is 25.9. The van der Waals surface area contributed by atoms with E-state index in [1.165, 1.54) is 6.33 Å². The third kappa shape index (κ3) is 7.12. The van der Waals surface area contributed by atoms with Crippen molar-refractivity contribution in [2.75, 3.05) is 36.9 Å². The van der Waals surface area contributed by atoms with E-state index >= 15 is 0 Å². The van der Waals surface area contributed by atoms with Crippen LogP contribution in [0, 0.1) is 11.3 Å². The number of anilines is 3. The number of carbonyl (C=O) groups excluding carboxylic acids is 1. The fourth-order valence-electron chi connectivity index (χ4n) is 3.58. The van der Waals surface area contributed by atoms with Crippen LogP contribution in [-0.2, 0) is 20.3 Å². The van der Waals surface area contributed by atoms with E-state index in [0.717, 1.165) is 44.0 Å². The molecule has 0 bridgehead atoms. The molecule has 1 aromatic heterocycles. The topological polar surface area (TPSA) is 131 Å². The lowest BCUT2D eigenvalue weighted by atomic mass is 9.97. The van der Waals surface area contributed by atoms with Gasteiger partial charge in [0.1, 0.15) is 23.3 Å². The maximum Gasteiger partial charge on any atom is 0.330 e. The summed E-state index contributed by atoms with van der Waals surface area (Å²) in [6.07, 6.45) is 3.37. The highest BCUT2D eigenvalue weighted by Gasteiger charge is 2.28. The van der Waals surface area contributed by atoms with Gasteiger partial charge in [0.15, 0.2) is 10.7 Å². The van der Waals surface area contributed by atoms with E-state index < -0.39 is 21.5 Å². The molecule has 1 fully saturated rings. The Kier molecular flexibility index (Phi) is 8.45. The standard InChI is InChI=1S/C23H34N6O4S/c1-23(2,3)22(30)33-29-11-9-16(10-12-29)14-28(4)20-13-19(25-15-26-20)27-18-7-5-17(6-8-18)21(24)34(31)32/h5-8,13,15-16,21,34H,9-12,14,24H2,1-4H3,(H,25,26,27). The first-order valence-electron chi connectivity index (χ1n) is 11.3. The predicted octanol–water partition coefficient (Wildman–Crippen LogP) is 2.44. The summed E-state index contributed by atoms with van der Waals surface area (Å²) in [5, 5.41) is 3.96. The van der Waals surface area contributed by atoms with Crippen molar-refractivity contribution in [1.82, 2.24) is 15.0 Å². The third-order valence-electron chi connectivity index (χ3n) is 5.73. The van der Waals surface area contributed by atoms with E-state index in [9.17, 15) is 13.2 Å². The predicted molar refractivity (Wildman–Crippen MR) is 132 cm³/mol. The number of hydrogen-bond donors (Lipinski definition) is 3. The molecular formula is C23H34N6O4S. The molecule has 10 nitrogen and oxygen atoms in total. The molecule has 11 heteroatoms. The summed E-state index contributed by atoms with van der Waals surface area (Å²) in [5.41, 5.74) is 6.43. The van der Waals surface area contributed by atoms with Gasteiger partial charge in [0.25, 0.3) is 0 Å². The molecular weight excluding hydrogens is 456 g/mol. The van der Waals surface area contributed by atoms with Crippen molar-refractivity contribution >= 4 is 34.0 Å². The second kappa shape index (κ2) is 11.1. The number of aromatic nitrogens is 2. The first-order chi connectivity index (χ1) is 16.0. The second-order valence-corrected chi connectivity index (χ2v) is 10.7. The van der Waals surface area contributed by atoms with E-state index in [1.807, 2.05) is 33.9 Å². The van der Waals surface area contributed by atoms with Gasteiger partial charge in [-0.3, -0.25) is 0 Å². The molecule has 1 aliphatic rings. The number of hydroxylamine groups is 2. The third-order valence-corrected chi connectivity index (χ3v) is 6.48. The molecule has 3 rings (SSSR count). The number of nitrogens with zero attached hydrogens (tertiary/aromatic N) is 4. The Morgan fingerprint density at radius 1 is 1.24 bits per heavy atom. The van der Waals surface area contributed by atoms with Gasteiger partial charge in [-0.05, 0) is 57.2 Å². The fourth-order valence-corrected chi connectivity index (χ4v) is 3.99. The molecule has 3 N–H and O–H groups in total. The zero-order chi connectivity index (χ0) is 24.9.